The molecule has 0 saturated heterocycles. The number of carbonyl (C=O) groups is 1. The molecule has 0 aromatic carbocycles. The molecular formula is C12H18N6OS. The first-order chi connectivity index (χ1) is 9.47. The van der Waals surface area contributed by atoms with E-state index < -0.39 is 0 Å². The fourth-order valence-electron chi connectivity index (χ4n) is 1.66. The highest BCUT2D eigenvalue weighted by Gasteiger charge is 2.11. The van der Waals surface area contributed by atoms with Gasteiger partial charge in [-0.15, -0.1) is 10.2 Å². The lowest BCUT2D eigenvalue weighted by molar-refractivity contribution is 0.251. The molecule has 0 radical (unpaired) electrons. The van der Waals surface area contributed by atoms with Crippen molar-refractivity contribution in [3.05, 3.63) is 22.0 Å². The molecule has 0 aliphatic rings. The number of aromatic amines is 1. The average Bonchev–Trinajstić information content (AvgIpc) is 2.96. The number of nitrogens with zero attached hydrogens (tertiary/aromatic N) is 3. The Labute approximate surface area is 121 Å². The number of aryl methyl sites for hydroxylation is 2. The lowest BCUT2D eigenvalue weighted by Crippen LogP contribution is -2.28. The van der Waals surface area contributed by atoms with Crippen LogP contribution in [-0.2, 0) is 6.54 Å². The molecule has 2 aromatic heterocycles. The Bertz CT molecular complexity index is 583. The van der Waals surface area contributed by atoms with Gasteiger partial charge in [0.05, 0.1) is 5.69 Å². The van der Waals surface area contributed by atoms with E-state index in [1.807, 2.05) is 27.7 Å². The van der Waals surface area contributed by atoms with E-state index in [1.165, 1.54) is 11.3 Å². The molecule has 0 unspecified atom stereocenters. The third-order valence-corrected chi connectivity index (χ3v) is 4.00. The Balaban J connectivity index is 1.89. The van der Waals surface area contributed by atoms with Gasteiger partial charge in [0.15, 0.2) is 0 Å². The van der Waals surface area contributed by atoms with Crippen LogP contribution < -0.4 is 10.6 Å². The molecule has 0 fully saturated rings. The van der Waals surface area contributed by atoms with Gasteiger partial charge in [-0.3, -0.25) is 10.4 Å². The summed E-state index contributed by atoms with van der Waals surface area (Å²) in [5.41, 5.74) is 2.85. The zero-order chi connectivity index (χ0) is 14.7. The summed E-state index contributed by atoms with van der Waals surface area (Å²) in [6, 6.07) is -0.295. The largest absolute Gasteiger partial charge is 0.334 e. The van der Waals surface area contributed by atoms with Crippen molar-refractivity contribution in [2.45, 2.75) is 40.2 Å². The highest BCUT2D eigenvalue weighted by Crippen LogP contribution is 2.22. The van der Waals surface area contributed by atoms with Crippen LogP contribution in [0.3, 0.4) is 0 Å². The molecule has 0 saturated carbocycles. The molecule has 20 heavy (non-hydrogen) atoms. The SMILES string of the molecule is Cc1n[nH]c(C)c1CNC(=O)Nc1nnc(C(C)C)s1. The predicted octanol–water partition coefficient (Wildman–Crippen LogP) is 2.32. The molecule has 8 heteroatoms. The van der Waals surface area contributed by atoms with Crippen molar-refractivity contribution in [1.82, 2.24) is 25.7 Å². The van der Waals surface area contributed by atoms with Crippen molar-refractivity contribution in [3.63, 3.8) is 0 Å². The number of rotatable bonds is 4. The maximum absolute atomic E-state index is 11.8. The van der Waals surface area contributed by atoms with Gasteiger partial charge in [0.2, 0.25) is 5.13 Å². The van der Waals surface area contributed by atoms with E-state index >= 15 is 0 Å². The number of amides is 2. The summed E-state index contributed by atoms with van der Waals surface area (Å²) >= 11 is 1.39. The van der Waals surface area contributed by atoms with E-state index in [1.54, 1.807) is 0 Å². The first-order valence-corrected chi connectivity index (χ1v) is 7.17. The minimum atomic E-state index is -0.295. The van der Waals surface area contributed by atoms with Crippen LogP contribution in [0.2, 0.25) is 0 Å². The molecule has 0 bridgehead atoms. The number of hydrogen-bond acceptors (Lipinski definition) is 5. The van der Waals surface area contributed by atoms with Gasteiger partial charge in [-0.1, -0.05) is 25.2 Å². The average molecular weight is 294 g/mol. The van der Waals surface area contributed by atoms with Crippen LogP contribution >= 0.6 is 11.3 Å². The number of carbonyl (C=O) groups excluding carboxylic acids is 1. The van der Waals surface area contributed by atoms with Crippen LogP contribution in [0.15, 0.2) is 0 Å². The fourth-order valence-corrected chi connectivity index (χ4v) is 2.40. The molecule has 0 aliphatic carbocycles. The molecule has 0 atom stereocenters. The summed E-state index contributed by atoms with van der Waals surface area (Å²) < 4.78 is 0. The monoisotopic (exact) mass is 294 g/mol. The number of anilines is 1. The number of nitrogens with one attached hydrogen (secondary N) is 3. The summed E-state index contributed by atoms with van der Waals surface area (Å²) in [6.45, 7) is 8.33. The molecular weight excluding hydrogens is 276 g/mol. The normalized spacial score (nSPS) is 10.8. The van der Waals surface area contributed by atoms with Gasteiger partial charge >= 0.3 is 6.03 Å². The van der Waals surface area contributed by atoms with Gasteiger partial charge in [-0.05, 0) is 13.8 Å². The zero-order valence-electron chi connectivity index (χ0n) is 11.9. The summed E-state index contributed by atoms with van der Waals surface area (Å²) in [6.07, 6.45) is 0. The summed E-state index contributed by atoms with van der Waals surface area (Å²) in [7, 11) is 0. The quantitative estimate of drug-likeness (QED) is 0.806. The Kier molecular flexibility index (Phi) is 4.33. The van der Waals surface area contributed by atoms with E-state index in [9.17, 15) is 4.79 Å². The standard InChI is InChI=1S/C12H18N6OS/c1-6(2)10-17-18-12(20-10)14-11(19)13-5-9-7(3)15-16-8(9)4/h6H,5H2,1-4H3,(H,15,16)(H2,13,14,18,19). The zero-order valence-corrected chi connectivity index (χ0v) is 12.8. The van der Waals surface area contributed by atoms with E-state index in [-0.39, 0.29) is 6.03 Å². The molecule has 2 amide bonds. The molecule has 3 N–H and O–H groups in total. The van der Waals surface area contributed by atoms with Crippen molar-refractivity contribution in [2.24, 2.45) is 0 Å². The van der Waals surface area contributed by atoms with Crippen molar-refractivity contribution in [2.75, 3.05) is 5.32 Å². The maximum Gasteiger partial charge on any atom is 0.321 e. The Hall–Kier alpha value is -1.96. The van der Waals surface area contributed by atoms with Gasteiger partial charge in [-0.2, -0.15) is 5.10 Å². The highest BCUT2D eigenvalue weighted by atomic mass is 32.1. The number of urea groups is 1. The first-order valence-electron chi connectivity index (χ1n) is 6.36. The molecule has 2 heterocycles. The molecule has 2 rings (SSSR count). The van der Waals surface area contributed by atoms with Gasteiger partial charge in [-0.25, -0.2) is 4.79 Å². The van der Waals surface area contributed by atoms with Gasteiger partial charge in [0.1, 0.15) is 5.01 Å². The molecule has 0 aliphatic heterocycles. The molecule has 0 spiro atoms. The van der Waals surface area contributed by atoms with E-state index in [0.717, 1.165) is 22.0 Å². The van der Waals surface area contributed by atoms with Gasteiger partial charge in [0.25, 0.3) is 0 Å². The Morgan fingerprint density at radius 2 is 2.10 bits per heavy atom. The minimum absolute atomic E-state index is 0.295. The summed E-state index contributed by atoms with van der Waals surface area (Å²) in [4.78, 5) is 11.8. The van der Waals surface area contributed by atoms with Gasteiger partial charge < -0.3 is 5.32 Å². The third kappa shape index (κ3) is 3.32. The van der Waals surface area contributed by atoms with Crippen molar-refractivity contribution < 1.29 is 4.79 Å². The van der Waals surface area contributed by atoms with Crippen LogP contribution in [0.4, 0.5) is 9.93 Å². The lowest BCUT2D eigenvalue weighted by atomic mass is 10.2. The summed E-state index contributed by atoms with van der Waals surface area (Å²) in [5, 5.41) is 21.8. The van der Waals surface area contributed by atoms with Crippen molar-refractivity contribution in [1.29, 1.82) is 0 Å². The highest BCUT2D eigenvalue weighted by molar-refractivity contribution is 7.15. The van der Waals surface area contributed by atoms with E-state index in [4.69, 9.17) is 0 Å². The topological polar surface area (TPSA) is 95.6 Å². The smallest absolute Gasteiger partial charge is 0.321 e. The summed E-state index contributed by atoms with van der Waals surface area (Å²) in [5.74, 6) is 0.308. The van der Waals surface area contributed by atoms with Crippen LogP contribution in [0.25, 0.3) is 0 Å². The number of H-pyrrole nitrogens is 1. The molecule has 2 aromatic rings. The van der Waals surface area contributed by atoms with Crippen molar-refractivity contribution in [3.8, 4) is 0 Å². The number of aromatic nitrogens is 4. The van der Waals surface area contributed by atoms with Crippen LogP contribution in [0.1, 0.15) is 41.7 Å². The first kappa shape index (κ1) is 14.4. The van der Waals surface area contributed by atoms with Crippen LogP contribution in [-0.4, -0.2) is 26.4 Å². The second-order valence-electron chi connectivity index (χ2n) is 4.82. The van der Waals surface area contributed by atoms with Crippen molar-refractivity contribution >= 4 is 22.5 Å². The second-order valence-corrected chi connectivity index (χ2v) is 5.83. The van der Waals surface area contributed by atoms with Gasteiger partial charge in [0, 0.05) is 23.7 Å². The van der Waals surface area contributed by atoms with Crippen LogP contribution in [0, 0.1) is 13.8 Å². The minimum Gasteiger partial charge on any atom is -0.334 e. The van der Waals surface area contributed by atoms with E-state index in [2.05, 4.69) is 31.0 Å². The predicted molar refractivity (Wildman–Crippen MR) is 77.9 cm³/mol. The fraction of sp³-hybridized carbons (Fsp3) is 0.500. The second kappa shape index (κ2) is 6.00. The number of hydrogen-bond donors (Lipinski definition) is 3. The van der Waals surface area contributed by atoms with Crippen LogP contribution in [0.5, 0.6) is 0 Å². The lowest BCUT2D eigenvalue weighted by Gasteiger charge is -2.05. The maximum atomic E-state index is 11.8. The Morgan fingerprint density at radius 1 is 1.35 bits per heavy atom. The van der Waals surface area contributed by atoms with E-state index in [0.29, 0.717) is 17.6 Å². The Morgan fingerprint density at radius 3 is 2.65 bits per heavy atom. The molecule has 108 valence electrons. The molecule has 7 nitrogen and oxygen atoms in total. The third-order valence-electron chi connectivity index (χ3n) is 2.86.